The van der Waals surface area contributed by atoms with Gasteiger partial charge in [0.15, 0.2) is 12.6 Å². The van der Waals surface area contributed by atoms with E-state index in [1.165, 1.54) is 12.4 Å². The molecule has 0 aliphatic carbocycles. The van der Waals surface area contributed by atoms with Crippen molar-refractivity contribution in [2.45, 2.75) is 33.6 Å². The average molecular weight is 238 g/mol. The maximum atomic E-state index is 10.1. The van der Waals surface area contributed by atoms with Gasteiger partial charge in [-0.3, -0.25) is 19.6 Å². The van der Waals surface area contributed by atoms with Gasteiger partial charge in [0, 0.05) is 13.1 Å². The first-order valence-electron chi connectivity index (χ1n) is 5.89. The fourth-order valence-electron chi connectivity index (χ4n) is 1.88. The maximum Gasteiger partial charge on any atom is 0.160 e. The minimum Gasteiger partial charge on any atom is -0.297 e. The summed E-state index contributed by atoms with van der Waals surface area (Å²) >= 11 is 0. The quantitative estimate of drug-likeness (QED) is 0.455. The van der Waals surface area contributed by atoms with Gasteiger partial charge in [-0.05, 0) is 24.2 Å². The smallest absolute Gasteiger partial charge is 0.160 e. The van der Waals surface area contributed by atoms with Crippen LogP contribution in [-0.2, 0) is 9.59 Å². The predicted octanol–water partition coefficient (Wildman–Crippen LogP) is 1.97. The topological polar surface area (TPSA) is 58.9 Å². The largest absolute Gasteiger partial charge is 0.297 e. The number of aldehydes is 2. The van der Waals surface area contributed by atoms with E-state index in [0.717, 1.165) is 12.8 Å². The first-order valence-corrected chi connectivity index (χ1v) is 5.89. The summed E-state index contributed by atoms with van der Waals surface area (Å²) in [4.78, 5) is 28.1. The van der Waals surface area contributed by atoms with E-state index in [9.17, 15) is 9.59 Å². The molecule has 4 heteroatoms. The summed E-state index contributed by atoms with van der Waals surface area (Å²) in [5.74, 6) is 0.441. The van der Waals surface area contributed by atoms with Crippen LogP contribution in [0, 0.1) is 11.3 Å². The van der Waals surface area contributed by atoms with E-state index in [-0.39, 0.29) is 5.41 Å². The number of hydrogen-bond acceptors (Lipinski definition) is 4. The van der Waals surface area contributed by atoms with Crippen molar-refractivity contribution in [1.29, 1.82) is 0 Å². The molecule has 96 valence electrons. The highest BCUT2D eigenvalue weighted by Crippen LogP contribution is 2.29. The summed E-state index contributed by atoms with van der Waals surface area (Å²) < 4.78 is 0. The number of carbonyl (C=O) groups is 2. The minimum atomic E-state index is 0.177. The summed E-state index contributed by atoms with van der Waals surface area (Å²) in [6.07, 6.45) is 5.97. The third-order valence-corrected chi connectivity index (χ3v) is 2.57. The molecule has 0 saturated heterocycles. The molecule has 0 aromatic carbocycles. The highest BCUT2D eigenvalue weighted by atomic mass is 16.1. The molecule has 4 nitrogen and oxygen atoms in total. The van der Waals surface area contributed by atoms with Crippen LogP contribution in [0.5, 0.6) is 0 Å². The molecule has 0 amide bonds. The lowest BCUT2D eigenvalue weighted by molar-refractivity contribution is -0.103. The molecule has 0 bridgehead atoms. The highest BCUT2D eigenvalue weighted by molar-refractivity contribution is 6.13. The van der Waals surface area contributed by atoms with Crippen LogP contribution in [0.1, 0.15) is 33.6 Å². The van der Waals surface area contributed by atoms with Crippen molar-refractivity contribution in [3.63, 3.8) is 0 Å². The second-order valence-electron chi connectivity index (χ2n) is 5.07. The number of carbonyl (C=O) groups excluding carboxylic acids is 2. The van der Waals surface area contributed by atoms with E-state index in [0.29, 0.717) is 31.6 Å². The third kappa shape index (κ3) is 9.60. The molecular formula is C13H22N2O2. The zero-order valence-corrected chi connectivity index (χ0v) is 10.9. The molecule has 0 aromatic heterocycles. The number of aliphatic imine (C=N–C) groups is 2. The number of nitrogens with zero attached hydrogens (tertiary/aromatic N) is 2. The lowest BCUT2D eigenvalue weighted by Crippen LogP contribution is -2.18. The lowest BCUT2D eigenvalue weighted by atomic mass is 9.80. The Morgan fingerprint density at radius 3 is 2.29 bits per heavy atom. The Bertz CT molecular complexity index is 283. The highest BCUT2D eigenvalue weighted by Gasteiger charge is 2.20. The summed E-state index contributed by atoms with van der Waals surface area (Å²) in [6.45, 7) is 7.85. The number of hydrogen-bond donors (Lipinski definition) is 0. The second kappa shape index (κ2) is 8.79. The summed E-state index contributed by atoms with van der Waals surface area (Å²) in [5.41, 5.74) is 0.177. The Hall–Kier alpha value is -1.32. The molecule has 0 radical (unpaired) electrons. The van der Waals surface area contributed by atoms with Crippen LogP contribution in [0.4, 0.5) is 0 Å². The lowest BCUT2D eigenvalue weighted by Gasteiger charge is -2.26. The number of rotatable bonds is 9. The normalized spacial score (nSPS) is 14.3. The van der Waals surface area contributed by atoms with E-state index in [1.807, 2.05) is 0 Å². The summed E-state index contributed by atoms with van der Waals surface area (Å²) in [7, 11) is 0. The average Bonchev–Trinajstić information content (AvgIpc) is 2.24. The minimum absolute atomic E-state index is 0.177. The Kier molecular flexibility index (Phi) is 8.11. The van der Waals surface area contributed by atoms with E-state index in [2.05, 4.69) is 30.8 Å². The molecule has 17 heavy (non-hydrogen) atoms. The van der Waals surface area contributed by atoms with Gasteiger partial charge in [0.2, 0.25) is 0 Å². The van der Waals surface area contributed by atoms with Crippen molar-refractivity contribution in [2.75, 3.05) is 13.1 Å². The Balaban J connectivity index is 3.96. The van der Waals surface area contributed by atoms with E-state index >= 15 is 0 Å². The van der Waals surface area contributed by atoms with Gasteiger partial charge in [0.25, 0.3) is 0 Å². The van der Waals surface area contributed by atoms with Crippen molar-refractivity contribution in [3.05, 3.63) is 0 Å². The van der Waals surface area contributed by atoms with Crippen LogP contribution < -0.4 is 0 Å². The maximum absolute atomic E-state index is 10.1. The Morgan fingerprint density at radius 1 is 1.12 bits per heavy atom. The molecular weight excluding hydrogens is 216 g/mol. The van der Waals surface area contributed by atoms with Crippen molar-refractivity contribution in [3.8, 4) is 0 Å². The Labute approximate surface area is 103 Å². The standard InChI is InChI=1S/C13H22N2O2/c1-12(11-15-7-9-17)10-13(2,3)4-5-14-6-8-16/h6-9,12H,4-5,10-11H2,1-3H3. The Morgan fingerprint density at radius 2 is 1.71 bits per heavy atom. The van der Waals surface area contributed by atoms with Gasteiger partial charge in [-0.25, -0.2) is 0 Å². The molecule has 0 N–H and O–H groups in total. The first-order chi connectivity index (χ1) is 8.02. The zero-order chi connectivity index (χ0) is 13.1. The predicted molar refractivity (Wildman–Crippen MR) is 71.0 cm³/mol. The van der Waals surface area contributed by atoms with Crippen molar-refractivity contribution >= 4 is 25.0 Å². The summed E-state index contributed by atoms with van der Waals surface area (Å²) in [6, 6.07) is 0. The molecule has 0 aliphatic heterocycles. The molecule has 0 aromatic rings. The monoisotopic (exact) mass is 238 g/mol. The molecule has 0 spiro atoms. The molecule has 0 rings (SSSR count). The first kappa shape index (κ1) is 15.7. The van der Waals surface area contributed by atoms with Gasteiger partial charge in [0.1, 0.15) is 0 Å². The van der Waals surface area contributed by atoms with Crippen molar-refractivity contribution < 1.29 is 9.59 Å². The SMILES string of the molecule is CC(CN=CC=O)CC(C)(C)CCN=CC=O. The molecule has 1 unspecified atom stereocenters. The van der Waals surface area contributed by atoms with Crippen molar-refractivity contribution in [2.24, 2.45) is 21.3 Å². The van der Waals surface area contributed by atoms with E-state index in [4.69, 9.17) is 0 Å². The fourth-order valence-corrected chi connectivity index (χ4v) is 1.88. The van der Waals surface area contributed by atoms with E-state index < -0.39 is 0 Å². The van der Waals surface area contributed by atoms with Gasteiger partial charge >= 0.3 is 0 Å². The fraction of sp³-hybridized carbons (Fsp3) is 0.692. The van der Waals surface area contributed by atoms with Crippen LogP contribution in [-0.4, -0.2) is 38.1 Å². The van der Waals surface area contributed by atoms with Crippen molar-refractivity contribution in [1.82, 2.24) is 0 Å². The van der Waals surface area contributed by atoms with Gasteiger partial charge in [-0.1, -0.05) is 20.8 Å². The summed E-state index contributed by atoms with van der Waals surface area (Å²) in [5, 5.41) is 0. The zero-order valence-electron chi connectivity index (χ0n) is 10.9. The van der Waals surface area contributed by atoms with Crippen LogP contribution >= 0.6 is 0 Å². The van der Waals surface area contributed by atoms with Crippen LogP contribution in [0.15, 0.2) is 9.98 Å². The van der Waals surface area contributed by atoms with Gasteiger partial charge in [-0.15, -0.1) is 0 Å². The van der Waals surface area contributed by atoms with Gasteiger partial charge in [0.05, 0.1) is 12.4 Å². The molecule has 0 fully saturated rings. The van der Waals surface area contributed by atoms with Crippen LogP contribution in [0.25, 0.3) is 0 Å². The molecule has 0 heterocycles. The van der Waals surface area contributed by atoms with E-state index in [1.54, 1.807) is 0 Å². The van der Waals surface area contributed by atoms with Crippen LogP contribution in [0.2, 0.25) is 0 Å². The van der Waals surface area contributed by atoms with Gasteiger partial charge in [-0.2, -0.15) is 0 Å². The van der Waals surface area contributed by atoms with Crippen LogP contribution in [0.3, 0.4) is 0 Å². The molecule has 1 atom stereocenters. The van der Waals surface area contributed by atoms with Gasteiger partial charge < -0.3 is 0 Å². The molecule has 0 saturated carbocycles. The third-order valence-electron chi connectivity index (χ3n) is 2.57. The second-order valence-corrected chi connectivity index (χ2v) is 5.07. The molecule has 0 aliphatic rings.